The van der Waals surface area contributed by atoms with Crippen LogP contribution in [0.2, 0.25) is 0 Å². The summed E-state index contributed by atoms with van der Waals surface area (Å²) in [4.78, 5) is 38.7. The van der Waals surface area contributed by atoms with Crippen molar-refractivity contribution in [1.82, 2.24) is 4.90 Å². The number of methoxy groups -OCH3 is 1. The smallest absolute Gasteiger partial charge is 0.487 e. The summed E-state index contributed by atoms with van der Waals surface area (Å²) in [5.41, 5.74) is 2.25. The Bertz CT molecular complexity index is 930. The molecule has 2 fully saturated rings. The molecule has 2 saturated heterocycles. The highest BCUT2D eigenvalue weighted by Crippen LogP contribution is 2.52. The Morgan fingerprint density at radius 1 is 1.30 bits per heavy atom. The van der Waals surface area contributed by atoms with Gasteiger partial charge in [0.05, 0.1) is 25.0 Å². The molecule has 0 saturated carbocycles. The van der Waals surface area contributed by atoms with Crippen LogP contribution < -0.4 is 0 Å². The standard InChI is InChI=1S/C21H24BNO7/c1-3-5-12-9-15-17(20(26)23(19(15)25)21(27)29-2)14-10-16(30-22(28)18(12)14)11-6-4-7-13(24)8-11/h4,6-8,14-17,24,28H,3,5,9-10H2,1-2H3/t14-,15-,16-,17+/m0/s1. The number of benzene rings is 1. The maximum atomic E-state index is 13.1. The van der Waals surface area contributed by atoms with Crippen molar-refractivity contribution in [3.05, 3.63) is 40.9 Å². The largest absolute Gasteiger partial charge is 0.508 e. The average molecular weight is 413 g/mol. The second-order valence-electron chi connectivity index (χ2n) is 8.04. The second-order valence-corrected chi connectivity index (χ2v) is 8.04. The normalized spacial score (nSPS) is 28.5. The number of fused-ring (bicyclic) bond motifs is 3. The van der Waals surface area contributed by atoms with E-state index in [1.54, 1.807) is 18.2 Å². The number of carbonyl (C=O) groups is 3. The molecule has 30 heavy (non-hydrogen) atoms. The summed E-state index contributed by atoms with van der Waals surface area (Å²) >= 11 is 0. The molecule has 1 aliphatic carbocycles. The topological polar surface area (TPSA) is 113 Å². The zero-order valence-electron chi connectivity index (χ0n) is 16.9. The lowest BCUT2D eigenvalue weighted by atomic mass is 9.54. The molecule has 2 aliphatic heterocycles. The Balaban J connectivity index is 1.75. The summed E-state index contributed by atoms with van der Waals surface area (Å²) in [5.74, 6) is -2.89. The van der Waals surface area contributed by atoms with E-state index in [9.17, 15) is 24.5 Å². The summed E-state index contributed by atoms with van der Waals surface area (Å²) in [6.45, 7) is 2.00. The molecular weight excluding hydrogens is 389 g/mol. The molecule has 3 aliphatic rings. The molecule has 2 heterocycles. The number of hydrogen-bond donors (Lipinski definition) is 2. The summed E-state index contributed by atoms with van der Waals surface area (Å²) in [6.07, 6.45) is 0.630. The molecule has 0 spiro atoms. The Hall–Kier alpha value is -2.65. The van der Waals surface area contributed by atoms with Crippen LogP contribution in [-0.2, 0) is 19.0 Å². The van der Waals surface area contributed by atoms with Gasteiger partial charge in [-0.15, -0.1) is 0 Å². The van der Waals surface area contributed by atoms with Crippen LogP contribution in [0.15, 0.2) is 35.3 Å². The van der Waals surface area contributed by atoms with Gasteiger partial charge in [-0.05, 0) is 48.3 Å². The van der Waals surface area contributed by atoms with Crippen molar-refractivity contribution in [2.75, 3.05) is 7.11 Å². The van der Waals surface area contributed by atoms with Crippen LogP contribution in [0.5, 0.6) is 5.75 Å². The van der Waals surface area contributed by atoms with Crippen LogP contribution >= 0.6 is 0 Å². The van der Waals surface area contributed by atoms with E-state index in [2.05, 4.69) is 4.74 Å². The molecule has 9 heteroatoms. The number of rotatable bonds is 3. The molecule has 8 nitrogen and oxygen atoms in total. The van der Waals surface area contributed by atoms with Crippen molar-refractivity contribution in [2.24, 2.45) is 17.8 Å². The number of likely N-dealkylation sites (tertiary alicyclic amines) is 1. The van der Waals surface area contributed by atoms with Gasteiger partial charge in [0.25, 0.3) is 0 Å². The number of phenolic OH excluding ortho intramolecular Hbond substituents is 1. The van der Waals surface area contributed by atoms with Gasteiger partial charge in [0.1, 0.15) is 5.75 Å². The minimum atomic E-state index is -1.21. The maximum Gasteiger partial charge on any atom is 0.487 e. The molecule has 0 radical (unpaired) electrons. The number of phenols is 1. The van der Waals surface area contributed by atoms with E-state index in [0.29, 0.717) is 35.2 Å². The SMILES string of the molecule is CCCC1=C2B(O)O[C@H](c3cccc(O)c3)C[C@H]2[C@H]2C(=O)N(C(=O)OC)C(=O)[C@H]2C1. The summed E-state index contributed by atoms with van der Waals surface area (Å²) in [7, 11) is -0.0821. The van der Waals surface area contributed by atoms with Crippen LogP contribution in [0.3, 0.4) is 0 Å². The first kappa shape index (κ1) is 20.6. The molecule has 1 aromatic rings. The molecule has 0 unspecified atom stereocenters. The molecular formula is C21H24BNO7. The van der Waals surface area contributed by atoms with Gasteiger partial charge < -0.3 is 19.5 Å². The number of carbonyl (C=O) groups excluding carboxylic acids is 3. The van der Waals surface area contributed by atoms with Crippen molar-refractivity contribution >= 4 is 25.0 Å². The summed E-state index contributed by atoms with van der Waals surface area (Å²) in [5, 5.41) is 20.7. The van der Waals surface area contributed by atoms with Crippen molar-refractivity contribution in [2.45, 2.75) is 38.7 Å². The number of aromatic hydroxyl groups is 1. The van der Waals surface area contributed by atoms with E-state index in [4.69, 9.17) is 4.65 Å². The van der Waals surface area contributed by atoms with Gasteiger partial charge in [0, 0.05) is 0 Å². The van der Waals surface area contributed by atoms with Crippen molar-refractivity contribution in [1.29, 1.82) is 0 Å². The molecule has 0 aromatic heterocycles. The minimum Gasteiger partial charge on any atom is -0.508 e. The third-order valence-corrected chi connectivity index (χ3v) is 6.36. The van der Waals surface area contributed by atoms with E-state index in [1.807, 2.05) is 6.92 Å². The molecule has 1 aromatic carbocycles. The Morgan fingerprint density at radius 2 is 2.07 bits per heavy atom. The predicted molar refractivity (Wildman–Crippen MR) is 106 cm³/mol. The van der Waals surface area contributed by atoms with E-state index >= 15 is 0 Å². The van der Waals surface area contributed by atoms with E-state index in [-0.39, 0.29) is 5.75 Å². The first-order valence-electron chi connectivity index (χ1n) is 10.2. The number of ether oxygens (including phenoxy) is 1. The lowest BCUT2D eigenvalue weighted by molar-refractivity contribution is -0.137. The highest BCUT2D eigenvalue weighted by Gasteiger charge is 2.59. The second kappa shape index (κ2) is 7.88. The lowest BCUT2D eigenvalue weighted by Crippen LogP contribution is -2.45. The monoisotopic (exact) mass is 413 g/mol. The van der Waals surface area contributed by atoms with Crippen molar-refractivity contribution < 1.29 is 33.9 Å². The third kappa shape index (κ3) is 3.22. The Kier molecular flexibility index (Phi) is 5.42. The van der Waals surface area contributed by atoms with E-state index in [1.165, 1.54) is 6.07 Å². The van der Waals surface area contributed by atoms with Gasteiger partial charge in [-0.1, -0.05) is 31.1 Å². The van der Waals surface area contributed by atoms with Crippen molar-refractivity contribution in [3.63, 3.8) is 0 Å². The van der Waals surface area contributed by atoms with Gasteiger partial charge in [0.15, 0.2) is 0 Å². The number of allylic oxidation sites excluding steroid dienone is 2. The summed E-state index contributed by atoms with van der Waals surface area (Å²) < 4.78 is 10.5. The van der Waals surface area contributed by atoms with Gasteiger partial charge >= 0.3 is 13.2 Å². The fraction of sp³-hybridized carbons (Fsp3) is 0.476. The highest BCUT2D eigenvalue weighted by atomic mass is 16.5. The van der Waals surface area contributed by atoms with Crippen LogP contribution in [0.25, 0.3) is 0 Å². The van der Waals surface area contributed by atoms with E-state index < -0.39 is 48.9 Å². The number of hydrogen-bond acceptors (Lipinski definition) is 7. The number of imide groups is 3. The van der Waals surface area contributed by atoms with Crippen LogP contribution in [-0.4, -0.2) is 47.2 Å². The number of amides is 3. The highest BCUT2D eigenvalue weighted by molar-refractivity contribution is 6.53. The predicted octanol–water partition coefficient (Wildman–Crippen LogP) is 2.36. The third-order valence-electron chi connectivity index (χ3n) is 6.36. The Labute approximate surface area is 174 Å². The van der Waals surface area contributed by atoms with Gasteiger partial charge in [-0.2, -0.15) is 4.90 Å². The van der Waals surface area contributed by atoms with Gasteiger partial charge in [0.2, 0.25) is 11.8 Å². The van der Waals surface area contributed by atoms with Crippen LogP contribution in [0.4, 0.5) is 4.79 Å². The van der Waals surface area contributed by atoms with Crippen molar-refractivity contribution in [3.8, 4) is 5.75 Å². The molecule has 4 rings (SSSR count). The Morgan fingerprint density at radius 3 is 2.73 bits per heavy atom. The molecule has 158 valence electrons. The first-order chi connectivity index (χ1) is 14.4. The fourth-order valence-corrected chi connectivity index (χ4v) is 5.16. The lowest BCUT2D eigenvalue weighted by Gasteiger charge is -2.42. The molecule has 3 amide bonds. The average Bonchev–Trinajstić information content (AvgIpc) is 2.97. The number of nitrogens with zero attached hydrogens (tertiary/aromatic N) is 1. The van der Waals surface area contributed by atoms with Crippen LogP contribution in [0, 0.1) is 17.8 Å². The van der Waals surface area contributed by atoms with Crippen LogP contribution in [0.1, 0.15) is 44.3 Å². The fourth-order valence-electron chi connectivity index (χ4n) is 5.16. The summed E-state index contributed by atoms with van der Waals surface area (Å²) in [6, 6.07) is 6.56. The molecule has 4 atom stereocenters. The molecule has 2 N–H and O–H groups in total. The minimum absolute atomic E-state index is 0.0732. The zero-order valence-corrected chi connectivity index (χ0v) is 16.9. The first-order valence-corrected chi connectivity index (χ1v) is 10.2. The van der Waals surface area contributed by atoms with Gasteiger partial charge in [-0.3, -0.25) is 9.59 Å². The quantitative estimate of drug-likeness (QED) is 0.578. The zero-order chi connectivity index (χ0) is 21.6. The molecule has 0 bridgehead atoms. The van der Waals surface area contributed by atoms with E-state index in [0.717, 1.165) is 19.1 Å². The van der Waals surface area contributed by atoms with Gasteiger partial charge in [-0.25, -0.2) is 4.79 Å². The maximum absolute atomic E-state index is 13.1.